The van der Waals surface area contributed by atoms with Crippen molar-refractivity contribution in [3.8, 4) is 0 Å². The standard InChI is InChI=1S/C15H25N3O4/c1-11-6-8-17(9-12(11)22-3)13(19)5-4-7-18-14(20)10-16(2)15(18)21/h11-12H,4-10H2,1-3H3. The summed E-state index contributed by atoms with van der Waals surface area (Å²) in [5, 5.41) is 0. The number of carbonyl (C=O) groups is 3. The van der Waals surface area contributed by atoms with E-state index >= 15 is 0 Å². The Morgan fingerprint density at radius 3 is 2.68 bits per heavy atom. The number of hydrogen-bond acceptors (Lipinski definition) is 4. The summed E-state index contributed by atoms with van der Waals surface area (Å²) >= 11 is 0. The Labute approximate surface area is 131 Å². The number of imide groups is 1. The Bertz CT molecular complexity index is 454. The molecule has 2 heterocycles. The van der Waals surface area contributed by atoms with E-state index in [2.05, 4.69) is 6.92 Å². The van der Waals surface area contributed by atoms with Gasteiger partial charge in [-0.15, -0.1) is 0 Å². The molecule has 0 aromatic carbocycles. The molecular formula is C15H25N3O4. The summed E-state index contributed by atoms with van der Waals surface area (Å²) in [5.41, 5.74) is 0. The quantitative estimate of drug-likeness (QED) is 0.695. The van der Waals surface area contributed by atoms with Gasteiger partial charge >= 0.3 is 6.03 Å². The SMILES string of the molecule is COC1CN(C(=O)CCCN2C(=O)CN(C)C2=O)CCC1C. The van der Waals surface area contributed by atoms with Crippen molar-refractivity contribution in [2.75, 3.05) is 40.3 Å². The monoisotopic (exact) mass is 311 g/mol. The molecule has 7 nitrogen and oxygen atoms in total. The predicted molar refractivity (Wildman–Crippen MR) is 80.1 cm³/mol. The third kappa shape index (κ3) is 3.58. The molecule has 2 aliphatic rings. The number of piperidine rings is 1. The molecule has 4 amide bonds. The molecule has 2 saturated heterocycles. The van der Waals surface area contributed by atoms with Crippen molar-refractivity contribution in [2.24, 2.45) is 5.92 Å². The molecule has 0 spiro atoms. The fourth-order valence-corrected chi connectivity index (χ4v) is 3.00. The molecular weight excluding hydrogens is 286 g/mol. The third-order valence-electron chi connectivity index (χ3n) is 4.55. The number of likely N-dealkylation sites (tertiary alicyclic amines) is 1. The number of hydrogen-bond donors (Lipinski definition) is 0. The average molecular weight is 311 g/mol. The molecule has 2 aliphatic heterocycles. The molecule has 22 heavy (non-hydrogen) atoms. The molecule has 0 bridgehead atoms. The first-order chi connectivity index (χ1) is 10.4. The Kier molecular flexibility index (Phi) is 5.39. The van der Waals surface area contributed by atoms with Crippen LogP contribution in [-0.4, -0.2) is 79.0 Å². The van der Waals surface area contributed by atoms with Gasteiger partial charge in [-0.3, -0.25) is 14.5 Å². The lowest BCUT2D eigenvalue weighted by Gasteiger charge is -2.36. The first-order valence-electron chi connectivity index (χ1n) is 7.80. The van der Waals surface area contributed by atoms with Crippen LogP contribution in [0, 0.1) is 5.92 Å². The Balaban J connectivity index is 1.76. The highest BCUT2D eigenvalue weighted by Gasteiger charge is 2.33. The van der Waals surface area contributed by atoms with Crippen LogP contribution in [0.15, 0.2) is 0 Å². The largest absolute Gasteiger partial charge is 0.379 e. The van der Waals surface area contributed by atoms with Crippen LogP contribution in [0.5, 0.6) is 0 Å². The van der Waals surface area contributed by atoms with Gasteiger partial charge in [0.2, 0.25) is 11.8 Å². The summed E-state index contributed by atoms with van der Waals surface area (Å²) in [6.45, 7) is 3.96. The van der Waals surface area contributed by atoms with E-state index in [4.69, 9.17) is 4.74 Å². The summed E-state index contributed by atoms with van der Waals surface area (Å²) in [7, 11) is 3.28. The molecule has 7 heteroatoms. The van der Waals surface area contributed by atoms with Gasteiger partial charge in [-0.1, -0.05) is 6.92 Å². The molecule has 0 saturated carbocycles. The van der Waals surface area contributed by atoms with Crippen molar-refractivity contribution in [3.63, 3.8) is 0 Å². The van der Waals surface area contributed by atoms with Crippen molar-refractivity contribution in [1.29, 1.82) is 0 Å². The first kappa shape index (κ1) is 16.7. The Morgan fingerprint density at radius 1 is 1.36 bits per heavy atom. The average Bonchev–Trinajstić information content (AvgIpc) is 2.73. The second-order valence-corrected chi connectivity index (χ2v) is 6.17. The van der Waals surface area contributed by atoms with Crippen LogP contribution in [-0.2, 0) is 14.3 Å². The fourth-order valence-electron chi connectivity index (χ4n) is 3.00. The topological polar surface area (TPSA) is 70.2 Å². The zero-order valence-electron chi connectivity index (χ0n) is 13.6. The van der Waals surface area contributed by atoms with Crippen molar-refractivity contribution in [2.45, 2.75) is 32.3 Å². The van der Waals surface area contributed by atoms with Crippen LogP contribution >= 0.6 is 0 Å². The highest BCUT2D eigenvalue weighted by Crippen LogP contribution is 2.20. The first-order valence-corrected chi connectivity index (χ1v) is 7.80. The van der Waals surface area contributed by atoms with Crippen LogP contribution < -0.4 is 0 Å². The molecule has 0 radical (unpaired) electrons. The van der Waals surface area contributed by atoms with Gasteiger partial charge in [0.25, 0.3) is 0 Å². The molecule has 2 unspecified atom stereocenters. The molecule has 124 valence electrons. The van der Waals surface area contributed by atoms with Crippen molar-refractivity contribution >= 4 is 17.8 Å². The zero-order valence-corrected chi connectivity index (χ0v) is 13.6. The van der Waals surface area contributed by atoms with Crippen LogP contribution in [0.1, 0.15) is 26.2 Å². The van der Waals surface area contributed by atoms with Crippen molar-refractivity contribution in [1.82, 2.24) is 14.7 Å². The minimum Gasteiger partial charge on any atom is -0.379 e. The number of nitrogens with zero attached hydrogens (tertiary/aromatic N) is 3. The van der Waals surface area contributed by atoms with Crippen LogP contribution in [0.3, 0.4) is 0 Å². The van der Waals surface area contributed by atoms with Gasteiger partial charge in [0, 0.05) is 40.2 Å². The van der Waals surface area contributed by atoms with E-state index in [9.17, 15) is 14.4 Å². The number of likely N-dealkylation sites (N-methyl/N-ethyl adjacent to an activating group) is 1. The highest BCUT2D eigenvalue weighted by molar-refractivity contribution is 6.01. The maximum atomic E-state index is 12.2. The number of urea groups is 1. The maximum Gasteiger partial charge on any atom is 0.326 e. The molecule has 0 aromatic rings. The van der Waals surface area contributed by atoms with Crippen molar-refractivity contribution in [3.05, 3.63) is 0 Å². The lowest BCUT2D eigenvalue weighted by Crippen LogP contribution is -2.46. The number of amides is 4. The van der Waals surface area contributed by atoms with E-state index in [0.717, 1.165) is 13.0 Å². The Hall–Kier alpha value is -1.63. The highest BCUT2D eigenvalue weighted by atomic mass is 16.5. The van der Waals surface area contributed by atoms with E-state index in [1.54, 1.807) is 14.2 Å². The normalized spacial score (nSPS) is 26.0. The second kappa shape index (κ2) is 7.09. The molecule has 2 atom stereocenters. The molecule has 0 aromatic heterocycles. The summed E-state index contributed by atoms with van der Waals surface area (Å²) in [6.07, 6.45) is 1.89. The van der Waals surface area contributed by atoms with Gasteiger partial charge in [-0.25, -0.2) is 4.79 Å². The second-order valence-electron chi connectivity index (χ2n) is 6.17. The van der Waals surface area contributed by atoms with Crippen LogP contribution in [0.25, 0.3) is 0 Å². The summed E-state index contributed by atoms with van der Waals surface area (Å²) < 4.78 is 5.41. The molecule has 0 N–H and O–H groups in total. The number of ether oxygens (including phenoxy) is 1. The van der Waals surface area contributed by atoms with E-state index in [-0.39, 0.29) is 30.5 Å². The lowest BCUT2D eigenvalue weighted by molar-refractivity contribution is -0.136. The Morgan fingerprint density at radius 2 is 2.09 bits per heavy atom. The molecule has 2 fully saturated rings. The van der Waals surface area contributed by atoms with E-state index in [1.165, 1.54) is 9.80 Å². The van der Waals surface area contributed by atoms with Gasteiger partial charge in [-0.05, 0) is 18.8 Å². The van der Waals surface area contributed by atoms with E-state index in [1.807, 2.05) is 4.90 Å². The number of methoxy groups -OCH3 is 1. The predicted octanol–water partition coefficient (Wildman–Crippen LogP) is 0.544. The van der Waals surface area contributed by atoms with Gasteiger partial charge in [0.15, 0.2) is 0 Å². The molecule has 2 rings (SSSR count). The van der Waals surface area contributed by atoms with Crippen LogP contribution in [0.4, 0.5) is 4.79 Å². The van der Waals surface area contributed by atoms with Gasteiger partial charge in [0.1, 0.15) is 6.54 Å². The smallest absolute Gasteiger partial charge is 0.326 e. The molecule has 0 aliphatic carbocycles. The number of rotatable bonds is 5. The summed E-state index contributed by atoms with van der Waals surface area (Å²) in [6, 6.07) is -0.274. The van der Waals surface area contributed by atoms with Gasteiger partial charge in [0.05, 0.1) is 6.10 Å². The fraction of sp³-hybridized carbons (Fsp3) is 0.800. The summed E-state index contributed by atoms with van der Waals surface area (Å²) in [5.74, 6) is 0.344. The maximum absolute atomic E-state index is 12.2. The van der Waals surface area contributed by atoms with Gasteiger partial charge < -0.3 is 14.5 Å². The number of carbonyl (C=O) groups excluding carboxylic acids is 3. The van der Waals surface area contributed by atoms with Crippen molar-refractivity contribution < 1.29 is 19.1 Å². The third-order valence-corrected chi connectivity index (χ3v) is 4.55. The lowest BCUT2D eigenvalue weighted by atomic mass is 9.95. The van der Waals surface area contributed by atoms with Gasteiger partial charge in [-0.2, -0.15) is 0 Å². The van der Waals surface area contributed by atoms with E-state index < -0.39 is 0 Å². The zero-order chi connectivity index (χ0) is 16.3. The van der Waals surface area contributed by atoms with Crippen LogP contribution in [0.2, 0.25) is 0 Å². The van der Waals surface area contributed by atoms with E-state index in [0.29, 0.717) is 31.8 Å². The minimum absolute atomic E-state index is 0.0707. The summed E-state index contributed by atoms with van der Waals surface area (Å²) in [4.78, 5) is 40.1. The minimum atomic E-state index is -0.274.